The maximum absolute atomic E-state index is 12.7. The molecule has 1 saturated heterocycles. The molecule has 1 aliphatic rings. The first-order valence-corrected chi connectivity index (χ1v) is 11.7. The molecule has 0 aliphatic carbocycles. The monoisotopic (exact) mass is 448 g/mol. The number of amides is 3. The SMILES string of the molecule is CSCCC(NC(=O)C(CS)NC(=O)C1CCCN1C(=O)C(N)C(C)C)C(=O)O. The minimum absolute atomic E-state index is 0.00137. The van der Waals surface area contributed by atoms with E-state index in [1.54, 1.807) is 0 Å². The van der Waals surface area contributed by atoms with Crippen molar-refractivity contribution in [2.75, 3.05) is 24.3 Å². The zero-order valence-electron chi connectivity index (χ0n) is 17.1. The third-order valence-electron chi connectivity index (χ3n) is 4.88. The summed E-state index contributed by atoms with van der Waals surface area (Å²) in [4.78, 5) is 50.6. The van der Waals surface area contributed by atoms with Crippen LogP contribution >= 0.6 is 24.4 Å². The summed E-state index contributed by atoms with van der Waals surface area (Å²) >= 11 is 5.59. The Morgan fingerprint density at radius 1 is 1.24 bits per heavy atom. The molecule has 0 spiro atoms. The van der Waals surface area contributed by atoms with Crippen molar-refractivity contribution < 1.29 is 24.3 Å². The lowest BCUT2D eigenvalue weighted by atomic mass is 10.0. The highest BCUT2D eigenvalue weighted by Crippen LogP contribution is 2.20. The Hall–Kier alpha value is -1.46. The number of carbonyl (C=O) groups is 4. The zero-order valence-corrected chi connectivity index (χ0v) is 18.8. The molecule has 3 amide bonds. The second-order valence-corrected chi connectivity index (χ2v) is 8.73. The Morgan fingerprint density at radius 2 is 1.90 bits per heavy atom. The van der Waals surface area contributed by atoms with Gasteiger partial charge in [0, 0.05) is 12.3 Å². The zero-order chi connectivity index (χ0) is 22.1. The third kappa shape index (κ3) is 7.38. The standard InChI is InChI=1S/C18H32N4O5S2/c1-10(2)14(19)17(25)22-7-4-5-13(22)16(24)21-12(9-28)15(23)20-11(18(26)27)6-8-29-3/h10-14,28H,4-9,19H2,1-3H3,(H,20,23)(H,21,24)(H,26,27). The second kappa shape index (κ2) is 12.3. The molecule has 0 aromatic carbocycles. The van der Waals surface area contributed by atoms with Gasteiger partial charge in [0.1, 0.15) is 18.1 Å². The van der Waals surface area contributed by atoms with Crippen LogP contribution in [0.15, 0.2) is 0 Å². The highest BCUT2D eigenvalue weighted by Gasteiger charge is 2.38. The van der Waals surface area contributed by atoms with Crippen molar-refractivity contribution in [3.63, 3.8) is 0 Å². The topological polar surface area (TPSA) is 142 Å². The highest BCUT2D eigenvalue weighted by atomic mass is 32.2. The molecule has 0 saturated carbocycles. The normalized spacial score (nSPS) is 19.5. The Morgan fingerprint density at radius 3 is 2.41 bits per heavy atom. The molecule has 1 fully saturated rings. The summed E-state index contributed by atoms with van der Waals surface area (Å²) in [6.45, 7) is 4.11. The Balaban J connectivity index is 2.77. The predicted molar refractivity (Wildman–Crippen MR) is 116 cm³/mol. The van der Waals surface area contributed by atoms with Crippen LogP contribution < -0.4 is 16.4 Å². The molecule has 1 heterocycles. The third-order valence-corrected chi connectivity index (χ3v) is 5.89. The largest absolute Gasteiger partial charge is 0.480 e. The van der Waals surface area contributed by atoms with E-state index in [9.17, 15) is 24.3 Å². The second-order valence-electron chi connectivity index (χ2n) is 7.38. The van der Waals surface area contributed by atoms with Gasteiger partial charge in [0.15, 0.2) is 0 Å². The van der Waals surface area contributed by atoms with Gasteiger partial charge in [-0.15, -0.1) is 0 Å². The number of nitrogens with one attached hydrogen (secondary N) is 2. The number of likely N-dealkylation sites (tertiary alicyclic amines) is 1. The summed E-state index contributed by atoms with van der Waals surface area (Å²) in [5.74, 6) is -1.98. The summed E-state index contributed by atoms with van der Waals surface area (Å²) in [6.07, 6.45) is 3.27. The maximum atomic E-state index is 12.7. The van der Waals surface area contributed by atoms with E-state index < -0.39 is 42.0 Å². The molecule has 29 heavy (non-hydrogen) atoms. The quantitative estimate of drug-likeness (QED) is 0.273. The number of nitrogens with two attached hydrogens (primary N) is 1. The predicted octanol–water partition coefficient (Wildman–Crippen LogP) is -0.302. The number of carboxylic acid groups (broad SMARTS) is 1. The van der Waals surface area contributed by atoms with Gasteiger partial charge < -0.3 is 26.4 Å². The number of hydrogen-bond acceptors (Lipinski definition) is 7. The summed E-state index contributed by atoms with van der Waals surface area (Å²) in [5.41, 5.74) is 5.94. The van der Waals surface area contributed by atoms with Crippen LogP contribution in [0.5, 0.6) is 0 Å². The number of hydrogen-bond donors (Lipinski definition) is 5. The first-order valence-electron chi connectivity index (χ1n) is 9.63. The van der Waals surface area contributed by atoms with Crippen molar-refractivity contribution >= 4 is 48.1 Å². The Bertz CT molecular complexity index is 605. The molecule has 5 N–H and O–H groups in total. The van der Waals surface area contributed by atoms with Gasteiger partial charge in [0.2, 0.25) is 17.7 Å². The molecule has 1 rings (SSSR count). The molecule has 0 bridgehead atoms. The van der Waals surface area contributed by atoms with Crippen LogP contribution in [-0.4, -0.2) is 82.2 Å². The van der Waals surface area contributed by atoms with Crippen LogP contribution in [0.1, 0.15) is 33.1 Å². The summed E-state index contributed by atoms with van der Waals surface area (Å²) in [7, 11) is 0. The smallest absolute Gasteiger partial charge is 0.326 e. The molecule has 0 aromatic rings. The minimum Gasteiger partial charge on any atom is -0.480 e. The van der Waals surface area contributed by atoms with Crippen LogP contribution in [0, 0.1) is 5.92 Å². The van der Waals surface area contributed by atoms with Gasteiger partial charge >= 0.3 is 5.97 Å². The van der Waals surface area contributed by atoms with Crippen molar-refractivity contribution in [3.8, 4) is 0 Å². The van der Waals surface area contributed by atoms with Crippen LogP contribution in [0.3, 0.4) is 0 Å². The molecule has 1 aliphatic heterocycles. The van der Waals surface area contributed by atoms with Crippen LogP contribution in [0.2, 0.25) is 0 Å². The molecule has 166 valence electrons. The lowest BCUT2D eigenvalue weighted by Crippen LogP contribution is -2.57. The first-order chi connectivity index (χ1) is 13.6. The number of thioether (sulfide) groups is 1. The summed E-state index contributed by atoms with van der Waals surface area (Å²) < 4.78 is 0. The van der Waals surface area contributed by atoms with E-state index in [4.69, 9.17) is 5.73 Å². The molecule has 0 radical (unpaired) electrons. The molecular weight excluding hydrogens is 416 g/mol. The number of nitrogens with zero attached hydrogens (tertiary/aromatic N) is 1. The average molecular weight is 449 g/mol. The fourth-order valence-electron chi connectivity index (χ4n) is 3.01. The molecule has 0 aromatic heterocycles. The van der Waals surface area contributed by atoms with Gasteiger partial charge in [-0.2, -0.15) is 24.4 Å². The van der Waals surface area contributed by atoms with Gasteiger partial charge in [-0.3, -0.25) is 14.4 Å². The number of carbonyl (C=O) groups excluding carboxylic acids is 3. The summed E-state index contributed by atoms with van der Waals surface area (Å²) in [5, 5.41) is 14.3. The van der Waals surface area contributed by atoms with Gasteiger partial charge in [0.05, 0.1) is 6.04 Å². The van der Waals surface area contributed by atoms with E-state index in [1.165, 1.54) is 16.7 Å². The lowest BCUT2D eigenvalue weighted by molar-refractivity contribution is -0.143. The lowest BCUT2D eigenvalue weighted by Gasteiger charge is -2.29. The molecular formula is C18H32N4O5S2. The van der Waals surface area contributed by atoms with Crippen LogP contribution in [0.4, 0.5) is 0 Å². The number of rotatable bonds is 11. The van der Waals surface area contributed by atoms with Gasteiger partial charge in [-0.1, -0.05) is 13.8 Å². The summed E-state index contributed by atoms with van der Waals surface area (Å²) in [6, 6.07) is -3.43. The number of aliphatic carboxylic acids is 1. The van der Waals surface area contributed by atoms with Gasteiger partial charge in [-0.25, -0.2) is 4.79 Å². The molecule has 4 unspecified atom stereocenters. The van der Waals surface area contributed by atoms with Crippen molar-refractivity contribution in [1.29, 1.82) is 0 Å². The van der Waals surface area contributed by atoms with Crippen LogP contribution in [-0.2, 0) is 19.2 Å². The fourth-order valence-corrected chi connectivity index (χ4v) is 3.74. The van der Waals surface area contributed by atoms with E-state index >= 15 is 0 Å². The van der Waals surface area contributed by atoms with Crippen molar-refractivity contribution in [2.24, 2.45) is 11.7 Å². The van der Waals surface area contributed by atoms with E-state index in [1.807, 2.05) is 20.1 Å². The van der Waals surface area contributed by atoms with Gasteiger partial charge in [-0.05, 0) is 37.2 Å². The van der Waals surface area contributed by atoms with E-state index in [0.717, 1.165) is 0 Å². The van der Waals surface area contributed by atoms with E-state index in [-0.39, 0.29) is 24.0 Å². The molecule has 11 heteroatoms. The average Bonchev–Trinajstić information content (AvgIpc) is 3.17. The molecule has 4 atom stereocenters. The van der Waals surface area contributed by atoms with E-state index in [2.05, 4.69) is 23.3 Å². The van der Waals surface area contributed by atoms with Crippen molar-refractivity contribution in [3.05, 3.63) is 0 Å². The Labute approximate surface area is 181 Å². The van der Waals surface area contributed by atoms with Crippen molar-refractivity contribution in [2.45, 2.75) is 57.3 Å². The fraction of sp³-hybridized carbons (Fsp3) is 0.778. The molecule has 9 nitrogen and oxygen atoms in total. The highest BCUT2D eigenvalue weighted by molar-refractivity contribution is 7.98. The van der Waals surface area contributed by atoms with E-state index in [0.29, 0.717) is 25.1 Å². The van der Waals surface area contributed by atoms with Crippen molar-refractivity contribution in [1.82, 2.24) is 15.5 Å². The number of carboxylic acids is 1. The Kier molecular flexibility index (Phi) is 10.8. The number of thiol groups is 1. The minimum atomic E-state index is -1.13. The first kappa shape index (κ1) is 25.6. The maximum Gasteiger partial charge on any atom is 0.326 e. The van der Waals surface area contributed by atoms with Gasteiger partial charge in [0.25, 0.3) is 0 Å². The van der Waals surface area contributed by atoms with Crippen LogP contribution in [0.25, 0.3) is 0 Å².